The van der Waals surface area contributed by atoms with Crippen LogP contribution in [0, 0.1) is 11.3 Å². The summed E-state index contributed by atoms with van der Waals surface area (Å²) in [7, 11) is 0. The predicted octanol–water partition coefficient (Wildman–Crippen LogP) is 3.69. The van der Waals surface area contributed by atoms with Gasteiger partial charge in [-0.25, -0.2) is 4.98 Å². The lowest BCUT2D eigenvalue weighted by molar-refractivity contribution is 0.371. The summed E-state index contributed by atoms with van der Waals surface area (Å²) in [5.74, 6) is 1.03. The summed E-state index contributed by atoms with van der Waals surface area (Å²) in [5, 5.41) is 14.7. The van der Waals surface area contributed by atoms with E-state index < -0.39 is 0 Å². The van der Waals surface area contributed by atoms with E-state index in [-0.39, 0.29) is 5.54 Å². The highest BCUT2D eigenvalue weighted by Crippen LogP contribution is 2.24. The Morgan fingerprint density at radius 2 is 2.39 bits per heavy atom. The number of thioether (sulfide) groups is 1. The lowest BCUT2D eigenvalue weighted by atomic mass is 9.92. The van der Waals surface area contributed by atoms with E-state index in [1.165, 1.54) is 0 Å². The molecule has 1 unspecified atom stereocenters. The van der Waals surface area contributed by atoms with Crippen LogP contribution < -0.4 is 5.32 Å². The van der Waals surface area contributed by atoms with Crippen molar-refractivity contribution in [3.05, 3.63) is 11.6 Å². The van der Waals surface area contributed by atoms with Crippen molar-refractivity contribution in [3.63, 3.8) is 0 Å². The van der Waals surface area contributed by atoms with Gasteiger partial charge >= 0.3 is 0 Å². The van der Waals surface area contributed by atoms with E-state index in [4.69, 9.17) is 0 Å². The summed E-state index contributed by atoms with van der Waals surface area (Å²) in [4.78, 5) is 4.24. The van der Waals surface area contributed by atoms with Gasteiger partial charge in [-0.1, -0.05) is 25.6 Å². The molecule has 0 amide bonds. The lowest BCUT2D eigenvalue weighted by Crippen LogP contribution is -2.43. The predicted molar refractivity (Wildman–Crippen MR) is 79.0 cm³/mol. The number of aromatic nitrogens is 1. The first kappa shape index (κ1) is 15.5. The van der Waals surface area contributed by atoms with Crippen molar-refractivity contribution in [1.29, 1.82) is 5.26 Å². The Kier molecular flexibility index (Phi) is 7.33. The van der Waals surface area contributed by atoms with Crippen LogP contribution in [-0.2, 0) is 0 Å². The molecule has 0 saturated carbocycles. The minimum Gasteiger partial charge on any atom is -0.299 e. The van der Waals surface area contributed by atoms with Crippen LogP contribution in [0.3, 0.4) is 0 Å². The van der Waals surface area contributed by atoms with E-state index in [9.17, 15) is 5.26 Å². The van der Waals surface area contributed by atoms with E-state index in [0.29, 0.717) is 0 Å². The smallest absolute Gasteiger partial charge is 0.149 e. The highest BCUT2D eigenvalue weighted by Gasteiger charge is 2.26. The van der Waals surface area contributed by atoms with Gasteiger partial charge in [0.15, 0.2) is 0 Å². The molecule has 0 aliphatic heterocycles. The van der Waals surface area contributed by atoms with Crippen molar-refractivity contribution in [2.45, 2.75) is 49.4 Å². The first-order chi connectivity index (χ1) is 8.76. The molecule has 5 heteroatoms. The molecule has 3 nitrogen and oxygen atoms in total. The third-order valence-electron chi connectivity index (χ3n) is 2.91. The van der Waals surface area contributed by atoms with Crippen LogP contribution in [0.25, 0.3) is 0 Å². The molecule has 0 saturated heterocycles. The minimum atomic E-state index is -0.334. The van der Waals surface area contributed by atoms with Gasteiger partial charge in [-0.2, -0.15) is 5.26 Å². The van der Waals surface area contributed by atoms with Crippen molar-refractivity contribution in [2.75, 3.05) is 12.3 Å². The van der Waals surface area contributed by atoms with Crippen LogP contribution in [0.5, 0.6) is 0 Å². The molecule has 0 aliphatic carbocycles. The first-order valence-electron chi connectivity index (χ1n) is 6.45. The number of thiazole rings is 1. The molecule has 1 heterocycles. The van der Waals surface area contributed by atoms with Gasteiger partial charge in [0.1, 0.15) is 9.88 Å². The molecule has 0 bridgehead atoms. The summed E-state index contributed by atoms with van der Waals surface area (Å²) >= 11 is 3.46. The van der Waals surface area contributed by atoms with Crippen LogP contribution in [0.2, 0.25) is 0 Å². The fourth-order valence-corrected chi connectivity index (χ4v) is 3.39. The van der Waals surface area contributed by atoms with Crippen molar-refractivity contribution in [2.24, 2.45) is 0 Å². The third kappa shape index (κ3) is 4.97. The first-order valence-corrected chi connectivity index (χ1v) is 8.31. The van der Waals surface area contributed by atoms with Crippen molar-refractivity contribution in [3.8, 4) is 6.07 Å². The zero-order valence-electron chi connectivity index (χ0n) is 11.1. The molecule has 18 heavy (non-hydrogen) atoms. The van der Waals surface area contributed by atoms with Crippen molar-refractivity contribution < 1.29 is 0 Å². The van der Waals surface area contributed by atoms with Crippen LogP contribution in [-0.4, -0.2) is 22.8 Å². The number of nitrogens with zero attached hydrogens (tertiary/aromatic N) is 2. The van der Waals surface area contributed by atoms with Crippen LogP contribution in [0.15, 0.2) is 15.9 Å². The summed E-state index contributed by atoms with van der Waals surface area (Å²) in [5.41, 5.74) is -0.334. The Labute approximate surface area is 118 Å². The fraction of sp³-hybridized carbons (Fsp3) is 0.692. The second-order valence-corrected chi connectivity index (χ2v) is 6.46. The van der Waals surface area contributed by atoms with Gasteiger partial charge in [0.2, 0.25) is 0 Å². The molecule has 1 aromatic heterocycles. The highest BCUT2D eigenvalue weighted by molar-refractivity contribution is 8.00. The Balaban J connectivity index is 2.31. The molecule has 1 rings (SSSR count). The van der Waals surface area contributed by atoms with Crippen molar-refractivity contribution in [1.82, 2.24) is 10.3 Å². The Morgan fingerprint density at radius 1 is 1.56 bits per heavy atom. The monoisotopic (exact) mass is 283 g/mol. The van der Waals surface area contributed by atoms with Crippen LogP contribution in [0.1, 0.15) is 39.5 Å². The van der Waals surface area contributed by atoms with E-state index in [1.807, 2.05) is 11.6 Å². The molecule has 0 aliphatic rings. The summed E-state index contributed by atoms with van der Waals surface area (Å²) in [6.45, 7) is 5.13. The Morgan fingerprint density at radius 3 is 2.94 bits per heavy atom. The van der Waals surface area contributed by atoms with E-state index >= 15 is 0 Å². The molecule has 0 fully saturated rings. The van der Waals surface area contributed by atoms with Gasteiger partial charge < -0.3 is 0 Å². The van der Waals surface area contributed by atoms with Gasteiger partial charge in [-0.3, -0.25) is 5.32 Å². The summed E-state index contributed by atoms with van der Waals surface area (Å²) < 4.78 is 1.12. The van der Waals surface area contributed by atoms with Crippen LogP contribution in [0.4, 0.5) is 0 Å². The maximum absolute atomic E-state index is 9.36. The molecule has 0 spiro atoms. The molecule has 0 radical (unpaired) electrons. The van der Waals surface area contributed by atoms with Crippen molar-refractivity contribution >= 4 is 23.1 Å². The molecule has 1 atom stereocenters. The normalized spacial score (nSPS) is 14.1. The van der Waals surface area contributed by atoms with E-state index in [1.54, 1.807) is 23.1 Å². The number of nitrogens with one attached hydrogen (secondary N) is 1. The highest BCUT2D eigenvalue weighted by atomic mass is 32.2. The van der Waals surface area contributed by atoms with Crippen LogP contribution >= 0.6 is 23.1 Å². The SMILES string of the molecule is CCCNC(C#N)(CC)CCCSc1nccs1. The Hall–Kier alpha value is -0.570. The molecule has 100 valence electrons. The van der Waals surface area contributed by atoms with Gasteiger partial charge in [0.25, 0.3) is 0 Å². The summed E-state index contributed by atoms with van der Waals surface area (Å²) in [6, 6.07) is 2.46. The number of nitriles is 1. The molecular formula is C13H21N3S2. The summed E-state index contributed by atoms with van der Waals surface area (Å²) in [6.07, 6.45) is 5.73. The number of rotatable bonds is 9. The average Bonchev–Trinajstić information content (AvgIpc) is 2.92. The largest absolute Gasteiger partial charge is 0.299 e. The number of hydrogen-bond acceptors (Lipinski definition) is 5. The molecule has 1 N–H and O–H groups in total. The third-order valence-corrected chi connectivity index (χ3v) is 4.97. The van der Waals surface area contributed by atoms with Gasteiger partial charge in [-0.15, -0.1) is 11.3 Å². The molecular weight excluding hydrogens is 262 g/mol. The second kappa shape index (κ2) is 8.52. The van der Waals surface area contributed by atoms with Gasteiger partial charge in [0.05, 0.1) is 6.07 Å². The molecule has 0 aromatic carbocycles. The number of hydrogen-bond donors (Lipinski definition) is 1. The average molecular weight is 283 g/mol. The topological polar surface area (TPSA) is 48.7 Å². The molecule has 1 aromatic rings. The zero-order valence-corrected chi connectivity index (χ0v) is 12.7. The maximum Gasteiger partial charge on any atom is 0.149 e. The minimum absolute atomic E-state index is 0.334. The second-order valence-electron chi connectivity index (χ2n) is 4.22. The fourth-order valence-electron chi connectivity index (χ4n) is 1.74. The van der Waals surface area contributed by atoms with E-state index in [0.717, 1.165) is 42.3 Å². The standard InChI is InChI=1S/C13H21N3S2/c1-3-7-16-13(4-2,11-14)6-5-9-17-12-15-8-10-18-12/h8,10,16H,3-7,9H2,1-2H3. The van der Waals surface area contributed by atoms with E-state index in [2.05, 4.69) is 30.2 Å². The maximum atomic E-state index is 9.36. The lowest BCUT2D eigenvalue weighted by Gasteiger charge is -2.26. The van der Waals surface area contributed by atoms with Gasteiger partial charge in [-0.05, 0) is 32.2 Å². The quantitative estimate of drug-likeness (QED) is 0.555. The Bertz CT molecular complexity index is 359. The zero-order chi connectivity index (χ0) is 13.3. The van der Waals surface area contributed by atoms with Gasteiger partial charge in [0, 0.05) is 17.3 Å².